The summed E-state index contributed by atoms with van der Waals surface area (Å²) in [4.78, 5) is 15.8. The van der Waals surface area contributed by atoms with Crippen LogP contribution in [0.5, 0.6) is 0 Å². The monoisotopic (exact) mass is 249 g/mol. The number of rotatable bonds is 7. The van der Waals surface area contributed by atoms with E-state index < -0.39 is 0 Å². The lowest BCUT2D eigenvalue weighted by atomic mass is 10.2. The Bertz CT molecular complexity index is 353. The quantitative estimate of drug-likeness (QED) is 0.776. The number of amides is 1. The zero-order chi connectivity index (χ0) is 13.4. The Hall–Kier alpha value is -1.39. The Balaban J connectivity index is 2.37. The Kier molecular flexibility index (Phi) is 6.39. The lowest BCUT2D eigenvalue weighted by Gasteiger charge is -2.21. The highest BCUT2D eigenvalue weighted by atomic mass is 16.2. The van der Waals surface area contributed by atoms with Crippen LogP contribution in [0, 0.1) is 0 Å². The molecule has 4 heteroatoms. The summed E-state index contributed by atoms with van der Waals surface area (Å²) in [5, 5.41) is 3.07. The van der Waals surface area contributed by atoms with Crippen molar-refractivity contribution < 1.29 is 4.79 Å². The van der Waals surface area contributed by atoms with Crippen molar-refractivity contribution in [2.24, 2.45) is 0 Å². The molecule has 4 nitrogen and oxygen atoms in total. The summed E-state index contributed by atoms with van der Waals surface area (Å²) >= 11 is 0. The fourth-order valence-electron chi connectivity index (χ4n) is 1.68. The second-order valence-electron chi connectivity index (χ2n) is 4.58. The first-order valence-corrected chi connectivity index (χ1v) is 6.24. The van der Waals surface area contributed by atoms with Crippen LogP contribution in [0.3, 0.4) is 0 Å². The molecular weight excluding hydrogens is 226 g/mol. The van der Waals surface area contributed by atoms with E-state index in [4.69, 9.17) is 0 Å². The topological polar surface area (TPSA) is 35.6 Å². The summed E-state index contributed by atoms with van der Waals surface area (Å²) in [5.41, 5.74) is 1.16. The van der Waals surface area contributed by atoms with E-state index in [1.807, 2.05) is 56.4 Å². The molecule has 0 fully saturated rings. The molecule has 0 aliphatic rings. The van der Waals surface area contributed by atoms with Crippen molar-refractivity contribution in [1.29, 1.82) is 0 Å². The van der Waals surface area contributed by atoms with Crippen LogP contribution in [0.25, 0.3) is 0 Å². The second kappa shape index (κ2) is 7.84. The number of likely N-dealkylation sites (N-methyl/N-ethyl adjacent to an activating group) is 3. The average molecular weight is 249 g/mol. The number of carbonyl (C=O) groups is 1. The number of nitrogens with one attached hydrogen (secondary N) is 1. The van der Waals surface area contributed by atoms with Crippen LogP contribution < -0.4 is 5.32 Å². The molecule has 0 spiro atoms. The summed E-state index contributed by atoms with van der Waals surface area (Å²) < 4.78 is 0. The van der Waals surface area contributed by atoms with Crippen molar-refractivity contribution in [1.82, 2.24) is 15.1 Å². The van der Waals surface area contributed by atoms with Gasteiger partial charge in [-0.2, -0.15) is 0 Å². The normalized spacial score (nSPS) is 10.7. The maximum atomic E-state index is 12.0. The van der Waals surface area contributed by atoms with Gasteiger partial charge in [0.2, 0.25) is 5.91 Å². The van der Waals surface area contributed by atoms with Crippen LogP contribution in [0.2, 0.25) is 0 Å². The molecular formula is C14H23N3O. The van der Waals surface area contributed by atoms with E-state index >= 15 is 0 Å². The van der Waals surface area contributed by atoms with Crippen LogP contribution in [0.1, 0.15) is 5.56 Å². The first-order valence-electron chi connectivity index (χ1n) is 6.24. The molecule has 0 saturated heterocycles. The molecule has 0 unspecified atom stereocenters. The van der Waals surface area contributed by atoms with E-state index in [9.17, 15) is 4.79 Å². The van der Waals surface area contributed by atoms with Gasteiger partial charge in [0.25, 0.3) is 0 Å². The molecule has 0 aliphatic heterocycles. The van der Waals surface area contributed by atoms with E-state index in [-0.39, 0.29) is 5.91 Å². The van der Waals surface area contributed by atoms with Gasteiger partial charge in [0.1, 0.15) is 0 Å². The molecule has 0 bridgehead atoms. The van der Waals surface area contributed by atoms with Gasteiger partial charge in [0.05, 0.1) is 6.54 Å². The zero-order valence-corrected chi connectivity index (χ0v) is 11.5. The standard InChI is InChI=1S/C14H23N3O/c1-15-9-10-16(2)12-14(18)17(3)11-13-7-5-4-6-8-13/h4-8,15H,9-12H2,1-3H3. The first-order chi connectivity index (χ1) is 8.63. The van der Waals surface area contributed by atoms with Crippen molar-refractivity contribution in [3.63, 3.8) is 0 Å². The van der Waals surface area contributed by atoms with Gasteiger partial charge in [-0.3, -0.25) is 9.69 Å². The van der Waals surface area contributed by atoms with Crippen molar-refractivity contribution >= 4 is 5.91 Å². The molecule has 1 rings (SSSR count). The van der Waals surface area contributed by atoms with E-state index in [2.05, 4.69) is 5.32 Å². The predicted molar refractivity (Wildman–Crippen MR) is 74.3 cm³/mol. The molecule has 0 atom stereocenters. The second-order valence-corrected chi connectivity index (χ2v) is 4.58. The SMILES string of the molecule is CNCCN(C)CC(=O)N(C)Cc1ccccc1. The minimum atomic E-state index is 0.150. The molecule has 0 heterocycles. The predicted octanol–water partition coefficient (Wildman–Crippen LogP) is 0.796. The first kappa shape index (κ1) is 14.7. The molecule has 0 aliphatic carbocycles. The fraction of sp³-hybridized carbons (Fsp3) is 0.500. The molecule has 100 valence electrons. The van der Waals surface area contributed by atoms with Crippen molar-refractivity contribution in [3.8, 4) is 0 Å². The highest BCUT2D eigenvalue weighted by Crippen LogP contribution is 2.03. The van der Waals surface area contributed by atoms with Gasteiger partial charge in [-0.25, -0.2) is 0 Å². The molecule has 0 saturated carbocycles. The molecule has 0 aromatic heterocycles. The smallest absolute Gasteiger partial charge is 0.236 e. The number of hydrogen-bond acceptors (Lipinski definition) is 3. The largest absolute Gasteiger partial charge is 0.340 e. The van der Waals surface area contributed by atoms with Gasteiger partial charge in [0, 0.05) is 26.7 Å². The van der Waals surface area contributed by atoms with Gasteiger partial charge in [-0.1, -0.05) is 30.3 Å². The minimum Gasteiger partial charge on any atom is -0.340 e. The van der Waals surface area contributed by atoms with Crippen LogP contribution in [0.15, 0.2) is 30.3 Å². The van der Waals surface area contributed by atoms with E-state index in [0.29, 0.717) is 13.1 Å². The van der Waals surface area contributed by atoms with Crippen LogP contribution in [-0.4, -0.2) is 56.5 Å². The van der Waals surface area contributed by atoms with Gasteiger partial charge in [-0.05, 0) is 19.7 Å². The lowest BCUT2D eigenvalue weighted by molar-refractivity contribution is -0.131. The fourth-order valence-corrected chi connectivity index (χ4v) is 1.68. The molecule has 18 heavy (non-hydrogen) atoms. The average Bonchev–Trinajstić information content (AvgIpc) is 2.37. The molecule has 1 N–H and O–H groups in total. The Morgan fingerprint density at radius 3 is 2.50 bits per heavy atom. The Morgan fingerprint density at radius 2 is 1.89 bits per heavy atom. The number of nitrogens with zero attached hydrogens (tertiary/aromatic N) is 2. The molecule has 1 aromatic carbocycles. The molecule has 1 amide bonds. The number of hydrogen-bond donors (Lipinski definition) is 1. The van der Waals surface area contributed by atoms with E-state index in [1.165, 1.54) is 0 Å². The van der Waals surface area contributed by atoms with E-state index in [0.717, 1.165) is 18.7 Å². The Morgan fingerprint density at radius 1 is 1.22 bits per heavy atom. The summed E-state index contributed by atoms with van der Waals surface area (Å²) in [7, 11) is 5.73. The van der Waals surface area contributed by atoms with E-state index in [1.54, 1.807) is 4.90 Å². The number of carbonyl (C=O) groups excluding carboxylic acids is 1. The van der Waals surface area contributed by atoms with Crippen molar-refractivity contribution in [3.05, 3.63) is 35.9 Å². The molecule has 1 aromatic rings. The van der Waals surface area contributed by atoms with Crippen LogP contribution in [0.4, 0.5) is 0 Å². The zero-order valence-electron chi connectivity index (χ0n) is 11.5. The van der Waals surface area contributed by atoms with Crippen LogP contribution >= 0.6 is 0 Å². The van der Waals surface area contributed by atoms with Gasteiger partial charge < -0.3 is 10.2 Å². The maximum Gasteiger partial charge on any atom is 0.236 e. The maximum absolute atomic E-state index is 12.0. The summed E-state index contributed by atoms with van der Waals surface area (Å²) in [6, 6.07) is 10.0. The minimum absolute atomic E-state index is 0.150. The van der Waals surface area contributed by atoms with Crippen molar-refractivity contribution in [2.75, 3.05) is 40.8 Å². The lowest BCUT2D eigenvalue weighted by Crippen LogP contribution is -2.38. The third-order valence-corrected chi connectivity index (χ3v) is 2.84. The highest BCUT2D eigenvalue weighted by Gasteiger charge is 2.11. The third-order valence-electron chi connectivity index (χ3n) is 2.84. The highest BCUT2D eigenvalue weighted by molar-refractivity contribution is 5.77. The number of benzene rings is 1. The summed E-state index contributed by atoms with van der Waals surface area (Å²) in [6.07, 6.45) is 0. The van der Waals surface area contributed by atoms with Crippen LogP contribution in [-0.2, 0) is 11.3 Å². The van der Waals surface area contributed by atoms with Crippen molar-refractivity contribution in [2.45, 2.75) is 6.54 Å². The summed E-state index contributed by atoms with van der Waals surface area (Å²) in [6.45, 7) is 2.90. The van der Waals surface area contributed by atoms with Gasteiger partial charge >= 0.3 is 0 Å². The summed E-state index contributed by atoms with van der Waals surface area (Å²) in [5.74, 6) is 0.150. The third kappa shape index (κ3) is 5.29. The van der Waals surface area contributed by atoms with Gasteiger partial charge in [0.15, 0.2) is 0 Å². The van der Waals surface area contributed by atoms with Gasteiger partial charge in [-0.15, -0.1) is 0 Å². The molecule has 0 radical (unpaired) electrons. The Labute approximate surface area is 110 Å².